The van der Waals surface area contributed by atoms with Crippen LogP contribution in [0.1, 0.15) is 43.6 Å². The molecule has 3 rings (SSSR count). The fraction of sp³-hybridized carbons (Fsp3) is 0.320. The number of halogens is 2. The number of pyridine rings is 1. The van der Waals surface area contributed by atoms with Crippen LogP contribution in [0.4, 0.5) is 25.0 Å². The van der Waals surface area contributed by atoms with Gasteiger partial charge < -0.3 is 18.8 Å². The number of methoxy groups -OCH3 is 1. The molecule has 0 saturated carbocycles. The molecule has 0 spiro atoms. The van der Waals surface area contributed by atoms with Crippen LogP contribution in [-0.2, 0) is 9.47 Å². The lowest BCUT2D eigenvalue weighted by Crippen LogP contribution is -2.27. The third kappa shape index (κ3) is 5.41. The second kappa shape index (κ2) is 10.4. The van der Waals surface area contributed by atoms with Crippen LogP contribution in [0.15, 0.2) is 29.2 Å². The van der Waals surface area contributed by atoms with E-state index in [1.54, 1.807) is 20.8 Å². The van der Waals surface area contributed by atoms with Gasteiger partial charge in [0, 0.05) is 18.3 Å². The van der Waals surface area contributed by atoms with E-state index in [0.717, 1.165) is 30.0 Å². The molecule has 0 fully saturated rings. The van der Waals surface area contributed by atoms with E-state index < -0.39 is 62.3 Å². The monoisotopic (exact) mass is 533 g/mol. The van der Waals surface area contributed by atoms with Crippen molar-refractivity contribution in [2.75, 3.05) is 19.0 Å². The number of nitrogens with one attached hydrogen (secondary N) is 1. The maximum absolute atomic E-state index is 15.2. The van der Waals surface area contributed by atoms with Gasteiger partial charge in [0.25, 0.3) is 0 Å². The fourth-order valence-corrected chi connectivity index (χ4v) is 3.81. The highest BCUT2D eigenvalue weighted by molar-refractivity contribution is 5.97. The number of anilines is 1. The molecule has 0 aliphatic heterocycles. The van der Waals surface area contributed by atoms with Crippen LogP contribution in [-0.4, -0.2) is 40.9 Å². The summed E-state index contributed by atoms with van der Waals surface area (Å²) in [4.78, 5) is 49.2. The number of hydrogen-bond acceptors (Lipinski definition) is 8. The molecule has 1 N–H and O–H groups in total. The van der Waals surface area contributed by atoms with E-state index in [9.17, 15) is 28.9 Å². The molecule has 11 nitrogen and oxygen atoms in total. The second-order valence-corrected chi connectivity index (χ2v) is 9.08. The van der Waals surface area contributed by atoms with Crippen molar-refractivity contribution >= 4 is 34.3 Å². The smallest absolute Gasteiger partial charge is 0.412 e. The third-order valence-electron chi connectivity index (χ3n) is 5.29. The number of benzene rings is 2. The number of carbonyl (C=O) groups is 2. The summed E-state index contributed by atoms with van der Waals surface area (Å²) in [6.45, 7) is 7.52. The zero-order chi connectivity index (χ0) is 28.5. The minimum Gasteiger partial charge on any atom is -0.490 e. The van der Waals surface area contributed by atoms with Crippen LogP contribution in [0.3, 0.4) is 0 Å². The number of ether oxygens (including phenoxy) is 3. The van der Waals surface area contributed by atoms with Gasteiger partial charge in [-0.1, -0.05) is 0 Å². The second-order valence-electron chi connectivity index (χ2n) is 9.08. The Morgan fingerprint density at radius 3 is 2.37 bits per heavy atom. The highest BCUT2D eigenvalue weighted by atomic mass is 19.1. The predicted octanol–water partition coefficient (Wildman–Crippen LogP) is 5.02. The lowest BCUT2D eigenvalue weighted by molar-refractivity contribution is -0.386. The van der Waals surface area contributed by atoms with E-state index in [2.05, 4.69) is 5.32 Å². The number of fused-ring (bicyclic) bond motifs is 1. The van der Waals surface area contributed by atoms with Crippen LogP contribution >= 0.6 is 0 Å². The number of aromatic nitrogens is 1. The average molecular weight is 533 g/mol. The summed E-state index contributed by atoms with van der Waals surface area (Å²) in [5.41, 5.74) is -3.95. The Morgan fingerprint density at radius 1 is 1.16 bits per heavy atom. The number of hydrogen-bond donors (Lipinski definition) is 1. The summed E-state index contributed by atoms with van der Waals surface area (Å²) < 4.78 is 46.0. The van der Waals surface area contributed by atoms with Crippen molar-refractivity contribution in [1.29, 1.82) is 0 Å². The van der Waals surface area contributed by atoms with E-state index in [4.69, 9.17) is 14.2 Å². The molecule has 0 bridgehead atoms. The van der Waals surface area contributed by atoms with Gasteiger partial charge >= 0.3 is 17.7 Å². The van der Waals surface area contributed by atoms with E-state index in [1.165, 1.54) is 13.8 Å². The summed E-state index contributed by atoms with van der Waals surface area (Å²) in [5, 5.41) is 13.8. The molecule has 0 atom stereocenters. The molecule has 0 saturated heterocycles. The molecule has 2 aromatic carbocycles. The minimum absolute atomic E-state index is 0.0756. The zero-order valence-corrected chi connectivity index (χ0v) is 21.4. The Labute approximate surface area is 215 Å². The van der Waals surface area contributed by atoms with Gasteiger partial charge in [0.2, 0.25) is 5.43 Å². The van der Waals surface area contributed by atoms with Crippen molar-refractivity contribution in [1.82, 2.24) is 4.57 Å². The molecule has 3 aromatic rings. The van der Waals surface area contributed by atoms with E-state index in [0.29, 0.717) is 6.07 Å². The SMILES string of the molecule is CCOC(=O)c1cn(-c2cc(NC(=O)OC(C)(C)C)c(F)cc2F)c2c(C)c([N+](=O)[O-])c(OC)cc2c1=O. The molecule has 0 aliphatic rings. The van der Waals surface area contributed by atoms with Gasteiger partial charge in [-0.25, -0.2) is 18.4 Å². The van der Waals surface area contributed by atoms with Crippen molar-refractivity contribution in [3.63, 3.8) is 0 Å². The van der Waals surface area contributed by atoms with Crippen LogP contribution < -0.4 is 15.5 Å². The summed E-state index contributed by atoms with van der Waals surface area (Å²) >= 11 is 0. The Kier molecular flexibility index (Phi) is 7.70. The summed E-state index contributed by atoms with van der Waals surface area (Å²) in [7, 11) is 1.16. The molecule has 202 valence electrons. The molecule has 0 radical (unpaired) electrons. The number of rotatable bonds is 6. The Morgan fingerprint density at radius 2 is 1.82 bits per heavy atom. The minimum atomic E-state index is -1.16. The van der Waals surface area contributed by atoms with Crippen LogP contribution in [0.25, 0.3) is 16.6 Å². The van der Waals surface area contributed by atoms with E-state index in [-0.39, 0.29) is 28.8 Å². The zero-order valence-electron chi connectivity index (χ0n) is 21.4. The first-order chi connectivity index (χ1) is 17.7. The van der Waals surface area contributed by atoms with Gasteiger partial charge in [-0.05, 0) is 40.7 Å². The van der Waals surface area contributed by atoms with Gasteiger partial charge in [0.1, 0.15) is 22.8 Å². The number of aryl methyl sites for hydroxylation is 1. The number of nitrogens with zero attached hydrogens (tertiary/aromatic N) is 2. The van der Waals surface area contributed by atoms with Crippen molar-refractivity contribution in [2.24, 2.45) is 0 Å². The first kappa shape index (κ1) is 28.0. The predicted molar refractivity (Wildman–Crippen MR) is 133 cm³/mol. The highest BCUT2D eigenvalue weighted by Gasteiger charge is 2.28. The van der Waals surface area contributed by atoms with Gasteiger partial charge in [0.05, 0.1) is 46.5 Å². The average Bonchev–Trinajstić information content (AvgIpc) is 2.80. The number of esters is 1. The Balaban J connectivity index is 2.42. The number of amides is 1. The highest BCUT2D eigenvalue weighted by Crippen LogP contribution is 2.37. The van der Waals surface area contributed by atoms with Gasteiger partial charge in [-0.3, -0.25) is 20.2 Å². The largest absolute Gasteiger partial charge is 0.490 e. The summed E-state index contributed by atoms with van der Waals surface area (Å²) in [6.07, 6.45) is -0.0816. The quantitative estimate of drug-likeness (QED) is 0.265. The van der Waals surface area contributed by atoms with Gasteiger partial charge in [0.15, 0.2) is 5.75 Å². The Bertz CT molecular complexity index is 1530. The van der Waals surface area contributed by atoms with Crippen LogP contribution in [0.2, 0.25) is 0 Å². The molecule has 13 heteroatoms. The molecule has 1 heterocycles. The topological polar surface area (TPSA) is 139 Å². The molecule has 1 aromatic heterocycles. The number of nitro benzene ring substituents is 1. The van der Waals surface area contributed by atoms with Gasteiger partial charge in [-0.15, -0.1) is 0 Å². The van der Waals surface area contributed by atoms with Crippen molar-refractivity contribution < 1.29 is 37.5 Å². The fourth-order valence-electron chi connectivity index (χ4n) is 3.81. The molecule has 0 aliphatic carbocycles. The van der Waals surface area contributed by atoms with Crippen LogP contribution in [0, 0.1) is 28.7 Å². The summed E-state index contributed by atoms with van der Waals surface area (Å²) in [6, 6.07) is 2.44. The maximum atomic E-state index is 15.2. The van der Waals surface area contributed by atoms with Gasteiger partial charge in [-0.2, -0.15) is 0 Å². The number of carbonyl (C=O) groups excluding carboxylic acids is 2. The lowest BCUT2D eigenvalue weighted by atomic mass is 10.0. The summed E-state index contributed by atoms with van der Waals surface area (Å²) in [5.74, 6) is -3.60. The van der Waals surface area contributed by atoms with Crippen molar-refractivity contribution in [3.05, 3.63) is 67.5 Å². The molecular formula is C25H25F2N3O8. The van der Waals surface area contributed by atoms with Crippen molar-refractivity contribution in [2.45, 2.75) is 40.2 Å². The first-order valence-electron chi connectivity index (χ1n) is 11.3. The lowest BCUT2D eigenvalue weighted by Gasteiger charge is -2.21. The first-order valence-corrected chi connectivity index (χ1v) is 11.3. The Hall–Kier alpha value is -4.55. The maximum Gasteiger partial charge on any atom is 0.412 e. The molecular weight excluding hydrogens is 508 g/mol. The standard InChI is InChI=1S/C25H25F2N3O8/c1-7-37-23(32)14-11-29(20-12(2)21(30(34)35)19(36-6)8-13(20)22(14)31)18-10-17(15(26)9-16(18)27)28-24(33)38-25(3,4)5/h8-11H,7H2,1-6H3,(H,28,33). The van der Waals surface area contributed by atoms with E-state index in [1.807, 2.05) is 0 Å². The van der Waals surface area contributed by atoms with E-state index >= 15 is 4.39 Å². The normalized spacial score (nSPS) is 11.3. The van der Waals surface area contributed by atoms with Crippen LogP contribution in [0.5, 0.6) is 5.75 Å². The molecule has 38 heavy (non-hydrogen) atoms. The molecule has 1 amide bonds. The molecule has 0 unspecified atom stereocenters. The third-order valence-corrected chi connectivity index (χ3v) is 5.29. The van der Waals surface area contributed by atoms with Crippen molar-refractivity contribution in [3.8, 4) is 11.4 Å². The number of nitro groups is 1.